The van der Waals surface area contributed by atoms with E-state index in [1.54, 1.807) is 12.1 Å². The van der Waals surface area contributed by atoms with Crippen molar-refractivity contribution in [3.63, 3.8) is 0 Å². The number of nitro benzene ring substituents is 1. The van der Waals surface area contributed by atoms with Crippen molar-refractivity contribution in [2.75, 3.05) is 5.32 Å². The normalized spacial score (nSPS) is 10.7. The third-order valence-electron chi connectivity index (χ3n) is 4.00. The molecule has 0 heterocycles. The number of nitrogens with one attached hydrogen (secondary N) is 1. The van der Waals surface area contributed by atoms with Gasteiger partial charge >= 0.3 is 0 Å². The molecule has 144 valence electrons. The van der Waals surface area contributed by atoms with Crippen LogP contribution in [0.25, 0.3) is 0 Å². The zero-order valence-electron chi connectivity index (χ0n) is 14.8. The Morgan fingerprint density at radius 3 is 2.50 bits per heavy atom. The molecule has 0 fully saturated rings. The van der Waals surface area contributed by atoms with Crippen LogP contribution in [0.5, 0.6) is 5.75 Å². The van der Waals surface area contributed by atoms with Gasteiger partial charge in [-0.25, -0.2) is 0 Å². The van der Waals surface area contributed by atoms with Crippen LogP contribution in [0.3, 0.4) is 0 Å². The monoisotopic (exact) mass is 434 g/mol. The quantitative estimate of drug-likeness (QED) is 0.257. The first-order valence-electron chi connectivity index (χ1n) is 8.27. The molecule has 0 aliphatic heterocycles. The van der Waals surface area contributed by atoms with Crippen molar-refractivity contribution in [2.24, 2.45) is 0 Å². The van der Waals surface area contributed by atoms with E-state index in [4.69, 9.17) is 23.2 Å². The van der Waals surface area contributed by atoms with E-state index in [-0.39, 0.29) is 23.0 Å². The summed E-state index contributed by atoms with van der Waals surface area (Å²) in [5, 5.41) is 24.8. The lowest BCUT2D eigenvalue weighted by molar-refractivity contribution is -0.385. The van der Waals surface area contributed by atoms with Crippen molar-refractivity contribution in [2.45, 2.75) is 23.3 Å². The van der Waals surface area contributed by atoms with E-state index in [0.29, 0.717) is 10.7 Å². The van der Waals surface area contributed by atoms with Gasteiger partial charge in [0, 0.05) is 33.5 Å². The lowest BCUT2D eigenvalue weighted by Gasteiger charge is -2.13. The average molecular weight is 435 g/mol. The second-order valence-corrected chi connectivity index (χ2v) is 8.06. The number of phenolic OH excluding ortho intramolecular Hbond substituents is 1. The number of rotatable bonds is 6. The van der Waals surface area contributed by atoms with Crippen LogP contribution in [0.2, 0.25) is 10.0 Å². The molecule has 3 rings (SSSR count). The molecule has 3 aromatic carbocycles. The molecule has 0 atom stereocenters. The zero-order valence-corrected chi connectivity index (χ0v) is 17.1. The molecule has 28 heavy (non-hydrogen) atoms. The van der Waals surface area contributed by atoms with Gasteiger partial charge in [0.05, 0.1) is 15.6 Å². The maximum atomic E-state index is 11.2. The van der Waals surface area contributed by atoms with Gasteiger partial charge < -0.3 is 10.4 Å². The average Bonchev–Trinajstić information content (AvgIpc) is 2.66. The first-order chi connectivity index (χ1) is 13.3. The second-order valence-electron chi connectivity index (χ2n) is 6.10. The maximum Gasteiger partial charge on any atom is 0.269 e. The molecule has 0 radical (unpaired) electrons. The summed E-state index contributed by atoms with van der Waals surface area (Å²) >= 11 is 13.5. The molecule has 0 bridgehead atoms. The molecule has 0 saturated carbocycles. The number of halogens is 2. The van der Waals surface area contributed by atoms with E-state index >= 15 is 0 Å². The number of benzene rings is 3. The fraction of sp³-hybridized carbons (Fsp3) is 0.100. The van der Waals surface area contributed by atoms with Gasteiger partial charge in [-0.05, 0) is 42.8 Å². The van der Waals surface area contributed by atoms with Crippen LogP contribution in [0, 0.1) is 17.0 Å². The molecule has 0 saturated heterocycles. The molecule has 5 nitrogen and oxygen atoms in total. The Bertz CT molecular complexity index is 1030. The highest BCUT2D eigenvalue weighted by Gasteiger charge is 2.14. The van der Waals surface area contributed by atoms with E-state index < -0.39 is 4.92 Å². The van der Waals surface area contributed by atoms with E-state index in [2.05, 4.69) is 5.32 Å². The zero-order chi connectivity index (χ0) is 20.3. The number of hydrogen-bond acceptors (Lipinski definition) is 5. The first-order valence-corrected chi connectivity index (χ1v) is 9.84. The Morgan fingerprint density at radius 2 is 1.82 bits per heavy atom. The number of nitrogens with zero attached hydrogens (tertiary/aromatic N) is 1. The number of anilines is 1. The van der Waals surface area contributed by atoms with Crippen molar-refractivity contribution in [1.82, 2.24) is 0 Å². The van der Waals surface area contributed by atoms with Crippen molar-refractivity contribution < 1.29 is 10.0 Å². The predicted octanol–water partition coefficient (Wildman–Crippen LogP) is 6.68. The Kier molecular flexibility index (Phi) is 6.34. The summed E-state index contributed by atoms with van der Waals surface area (Å²) in [6, 6.07) is 15.7. The van der Waals surface area contributed by atoms with E-state index in [1.807, 2.05) is 31.2 Å². The van der Waals surface area contributed by atoms with Crippen LogP contribution < -0.4 is 5.32 Å². The van der Waals surface area contributed by atoms with E-state index in [0.717, 1.165) is 20.9 Å². The Morgan fingerprint density at radius 1 is 1.11 bits per heavy atom. The van der Waals surface area contributed by atoms with Gasteiger partial charge in [0.25, 0.3) is 5.69 Å². The predicted molar refractivity (Wildman–Crippen MR) is 114 cm³/mol. The molecule has 3 aromatic rings. The van der Waals surface area contributed by atoms with Crippen LogP contribution in [0.4, 0.5) is 11.4 Å². The van der Waals surface area contributed by atoms with E-state index in [1.165, 1.54) is 30.0 Å². The Labute approximate surface area is 176 Å². The maximum absolute atomic E-state index is 11.2. The minimum absolute atomic E-state index is 0.00148. The summed E-state index contributed by atoms with van der Waals surface area (Å²) < 4.78 is 0. The van der Waals surface area contributed by atoms with Gasteiger partial charge in [-0.3, -0.25) is 10.1 Å². The Hall–Kier alpha value is -2.41. The third-order valence-corrected chi connectivity index (χ3v) is 5.63. The lowest BCUT2D eigenvalue weighted by atomic mass is 10.2. The Balaban J connectivity index is 1.90. The van der Waals surface area contributed by atoms with Crippen molar-refractivity contribution in [3.05, 3.63) is 85.9 Å². The van der Waals surface area contributed by atoms with Gasteiger partial charge in [0.15, 0.2) is 5.75 Å². The van der Waals surface area contributed by atoms with Gasteiger partial charge in [0.1, 0.15) is 0 Å². The summed E-state index contributed by atoms with van der Waals surface area (Å²) in [5.41, 5.74) is 2.23. The highest BCUT2D eigenvalue weighted by atomic mass is 35.5. The molecule has 0 aromatic heterocycles. The second kappa shape index (κ2) is 8.73. The van der Waals surface area contributed by atoms with Crippen LogP contribution in [0.1, 0.15) is 11.1 Å². The molecule has 0 amide bonds. The minimum Gasteiger partial charge on any atom is -0.504 e. The van der Waals surface area contributed by atoms with E-state index in [9.17, 15) is 15.2 Å². The number of non-ortho nitro benzene ring substituents is 1. The van der Waals surface area contributed by atoms with Crippen molar-refractivity contribution in [1.29, 1.82) is 0 Å². The largest absolute Gasteiger partial charge is 0.504 e. The molecular weight excluding hydrogens is 419 g/mol. The number of hydrogen-bond donors (Lipinski definition) is 2. The molecular formula is C20H16Cl2N2O3S. The molecule has 0 aliphatic rings. The third kappa shape index (κ3) is 4.90. The fourth-order valence-corrected chi connectivity index (χ4v) is 3.96. The van der Waals surface area contributed by atoms with Crippen LogP contribution in [0.15, 0.2) is 64.4 Å². The van der Waals surface area contributed by atoms with Crippen molar-refractivity contribution >= 4 is 46.3 Å². The number of aryl methyl sites for hydroxylation is 1. The molecule has 8 heteroatoms. The molecule has 0 spiro atoms. The molecule has 0 aliphatic carbocycles. The number of phenols is 1. The molecule has 2 N–H and O–H groups in total. The van der Waals surface area contributed by atoms with Crippen LogP contribution in [-0.2, 0) is 6.54 Å². The standard InChI is InChI=1S/C20H16Cl2N2O3S/c1-12-2-5-16(6-3-12)28-19-7-4-15(24(26)27)8-13(19)11-23-18-10-14(21)9-17(22)20(18)25/h2-10,23,25H,11H2,1H3. The molecule has 0 unspecified atom stereocenters. The lowest BCUT2D eigenvalue weighted by Crippen LogP contribution is -2.02. The first kappa shape index (κ1) is 20.3. The topological polar surface area (TPSA) is 75.4 Å². The van der Waals surface area contributed by atoms with Gasteiger partial charge in [-0.15, -0.1) is 0 Å². The summed E-state index contributed by atoms with van der Waals surface area (Å²) in [5.74, 6) is -0.121. The van der Waals surface area contributed by atoms with Gasteiger partial charge in [-0.1, -0.05) is 52.7 Å². The van der Waals surface area contributed by atoms with Crippen LogP contribution in [-0.4, -0.2) is 10.0 Å². The summed E-state index contributed by atoms with van der Waals surface area (Å²) in [4.78, 5) is 12.6. The minimum atomic E-state index is -0.433. The summed E-state index contributed by atoms with van der Waals surface area (Å²) in [6.45, 7) is 2.26. The fourth-order valence-electron chi connectivity index (χ4n) is 2.54. The van der Waals surface area contributed by atoms with Gasteiger partial charge in [-0.2, -0.15) is 0 Å². The van der Waals surface area contributed by atoms with Crippen LogP contribution >= 0.6 is 35.0 Å². The highest BCUT2D eigenvalue weighted by Crippen LogP contribution is 2.37. The highest BCUT2D eigenvalue weighted by molar-refractivity contribution is 7.99. The smallest absolute Gasteiger partial charge is 0.269 e. The SMILES string of the molecule is Cc1ccc(Sc2ccc([N+](=O)[O-])cc2CNc2cc(Cl)cc(Cl)c2O)cc1. The summed E-state index contributed by atoms with van der Waals surface area (Å²) in [7, 11) is 0. The van der Waals surface area contributed by atoms with Crippen molar-refractivity contribution in [3.8, 4) is 5.75 Å². The number of aromatic hydroxyl groups is 1. The van der Waals surface area contributed by atoms with Gasteiger partial charge in [0.2, 0.25) is 0 Å². The number of nitro groups is 1. The summed E-state index contributed by atoms with van der Waals surface area (Å²) in [6.07, 6.45) is 0.